The number of carbonyl (C=O) groups excluding carboxylic acids is 1. The minimum absolute atomic E-state index is 0.220. The molecule has 0 atom stereocenters. The first-order chi connectivity index (χ1) is 7.25. The van der Waals surface area contributed by atoms with Crippen LogP contribution in [-0.2, 0) is 9.53 Å². The second-order valence-corrected chi connectivity index (χ2v) is 4.26. The SMILES string of the molecule is CCCCCN(C(C)=O)C1CCOCC1. The summed E-state index contributed by atoms with van der Waals surface area (Å²) < 4.78 is 5.32. The summed E-state index contributed by atoms with van der Waals surface area (Å²) in [6, 6.07) is 0.424. The van der Waals surface area contributed by atoms with Gasteiger partial charge in [0, 0.05) is 32.7 Å². The molecule has 0 spiro atoms. The third-order valence-electron chi connectivity index (χ3n) is 3.04. The van der Waals surface area contributed by atoms with Gasteiger partial charge in [-0.3, -0.25) is 4.79 Å². The summed E-state index contributed by atoms with van der Waals surface area (Å²) in [7, 11) is 0. The number of ether oxygens (including phenoxy) is 1. The highest BCUT2D eigenvalue weighted by molar-refractivity contribution is 5.73. The van der Waals surface area contributed by atoms with Crippen molar-refractivity contribution in [1.29, 1.82) is 0 Å². The van der Waals surface area contributed by atoms with Crippen LogP contribution in [-0.4, -0.2) is 36.6 Å². The van der Waals surface area contributed by atoms with Crippen LogP contribution in [0, 0.1) is 0 Å². The fourth-order valence-electron chi connectivity index (χ4n) is 2.13. The zero-order chi connectivity index (χ0) is 11.1. The van der Waals surface area contributed by atoms with Crippen LogP contribution in [0.2, 0.25) is 0 Å². The van der Waals surface area contributed by atoms with E-state index in [0.717, 1.165) is 39.0 Å². The second kappa shape index (κ2) is 6.83. The van der Waals surface area contributed by atoms with E-state index in [1.807, 2.05) is 4.90 Å². The van der Waals surface area contributed by atoms with Crippen LogP contribution >= 0.6 is 0 Å². The first kappa shape index (κ1) is 12.5. The lowest BCUT2D eigenvalue weighted by atomic mass is 10.1. The molecule has 0 saturated carbocycles. The lowest BCUT2D eigenvalue weighted by Crippen LogP contribution is -2.42. The van der Waals surface area contributed by atoms with Crippen LogP contribution in [0.25, 0.3) is 0 Å². The Hall–Kier alpha value is -0.570. The fourth-order valence-corrected chi connectivity index (χ4v) is 2.13. The summed E-state index contributed by atoms with van der Waals surface area (Å²) in [4.78, 5) is 13.6. The molecule has 88 valence electrons. The molecular weight excluding hydrogens is 190 g/mol. The summed E-state index contributed by atoms with van der Waals surface area (Å²) >= 11 is 0. The van der Waals surface area contributed by atoms with Crippen LogP contribution in [0.15, 0.2) is 0 Å². The monoisotopic (exact) mass is 213 g/mol. The molecule has 0 aromatic rings. The summed E-state index contributed by atoms with van der Waals surface area (Å²) in [5.41, 5.74) is 0. The molecule has 0 N–H and O–H groups in total. The lowest BCUT2D eigenvalue weighted by Gasteiger charge is -2.33. The Kier molecular flexibility index (Phi) is 5.69. The molecule has 1 aliphatic heterocycles. The molecule has 0 aromatic heterocycles. The maximum Gasteiger partial charge on any atom is 0.219 e. The molecular formula is C12H23NO2. The molecule has 1 heterocycles. The van der Waals surface area contributed by atoms with Crippen molar-refractivity contribution in [2.75, 3.05) is 19.8 Å². The van der Waals surface area contributed by atoms with Crippen LogP contribution < -0.4 is 0 Å². The maximum atomic E-state index is 11.5. The van der Waals surface area contributed by atoms with Crippen LogP contribution in [0.5, 0.6) is 0 Å². The number of carbonyl (C=O) groups is 1. The molecule has 0 radical (unpaired) electrons. The van der Waals surface area contributed by atoms with E-state index in [-0.39, 0.29) is 5.91 Å². The average molecular weight is 213 g/mol. The van der Waals surface area contributed by atoms with Gasteiger partial charge in [0.05, 0.1) is 0 Å². The van der Waals surface area contributed by atoms with Gasteiger partial charge in [0.1, 0.15) is 0 Å². The Labute approximate surface area is 92.8 Å². The minimum Gasteiger partial charge on any atom is -0.381 e. The number of unbranched alkanes of at least 4 members (excludes halogenated alkanes) is 2. The Morgan fingerprint density at radius 1 is 1.33 bits per heavy atom. The number of nitrogens with zero attached hydrogens (tertiary/aromatic N) is 1. The van der Waals surface area contributed by atoms with E-state index >= 15 is 0 Å². The highest BCUT2D eigenvalue weighted by atomic mass is 16.5. The topological polar surface area (TPSA) is 29.5 Å². The van der Waals surface area contributed by atoms with Gasteiger partial charge in [-0.1, -0.05) is 19.8 Å². The maximum absolute atomic E-state index is 11.5. The van der Waals surface area contributed by atoms with Crippen molar-refractivity contribution in [3.05, 3.63) is 0 Å². The van der Waals surface area contributed by atoms with E-state index in [1.54, 1.807) is 6.92 Å². The van der Waals surface area contributed by atoms with Crippen molar-refractivity contribution in [3.63, 3.8) is 0 Å². The zero-order valence-electron chi connectivity index (χ0n) is 10.00. The predicted octanol–water partition coefficient (Wildman–Crippen LogP) is 2.20. The zero-order valence-corrected chi connectivity index (χ0v) is 10.00. The van der Waals surface area contributed by atoms with Gasteiger partial charge in [0.15, 0.2) is 0 Å². The first-order valence-corrected chi connectivity index (χ1v) is 6.10. The molecule has 0 bridgehead atoms. The van der Waals surface area contributed by atoms with Gasteiger partial charge in [0.2, 0.25) is 5.91 Å². The third-order valence-corrected chi connectivity index (χ3v) is 3.04. The Morgan fingerprint density at radius 3 is 2.53 bits per heavy atom. The standard InChI is InChI=1S/C12H23NO2/c1-3-4-5-8-13(11(2)14)12-6-9-15-10-7-12/h12H,3-10H2,1-2H3. The van der Waals surface area contributed by atoms with Crippen molar-refractivity contribution in [1.82, 2.24) is 4.90 Å². The summed E-state index contributed by atoms with van der Waals surface area (Å²) in [5.74, 6) is 0.220. The number of hydrogen-bond acceptors (Lipinski definition) is 2. The van der Waals surface area contributed by atoms with Crippen molar-refractivity contribution in [3.8, 4) is 0 Å². The lowest BCUT2D eigenvalue weighted by molar-refractivity contribution is -0.133. The summed E-state index contributed by atoms with van der Waals surface area (Å²) in [6.07, 6.45) is 5.57. The molecule has 3 heteroatoms. The predicted molar refractivity (Wildman–Crippen MR) is 60.8 cm³/mol. The van der Waals surface area contributed by atoms with Crippen molar-refractivity contribution < 1.29 is 9.53 Å². The van der Waals surface area contributed by atoms with Gasteiger partial charge in [0.25, 0.3) is 0 Å². The summed E-state index contributed by atoms with van der Waals surface area (Å²) in [5, 5.41) is 0. The molecule has 1 saturated heterocycles. The Balaban J connectivity index is 2.37. The van der Waals surface area contributed by atoms with E-state index in [2.05, 4.69) is 6.92 Å². The first-order valence-electron chi connectivity index (χ1n) is 6.10. The van der Waals surface area contributed by atoms with Crippen molar-refractivity contribution >= 4 is 5.91 Å². The third kappa shape index (κ3) is 4.20. The van der Waals surface area contributed by atoms with Gasteiger partial charge in [-0.15, -0.1) is 0 Å². The molecule has 0 aromatic carbocycles. The van der Waals surface area contributed by atoms with Crippen molar-refractivity contribution in [2.45, 2.75) is 52.0 Å². The highest BCUT2D eigenvalue weighted by Gasteiger charge is 2.22. The Bertz CT molecular complexity index is 188. The van der Waals surface area contributed by atoms with E-state index in [4.69, 9.17) is 4.74 Å². The smallest absolute Gasteiger partial charge is 0.219 e. The molecule has 1 fully saturated rings. The van der Waals surface area contributed by atoms with E-state index < -0.39 is 0 Å². The number of hydrogen-bond donors (Lipinski definition) is 0. The van der Waals surface area contributed by atoms with E-state index in [9.17, 15) is 4.79 Å². The second-order valence-electron chi connectivity index (χ2n) is 4.26. The van der Waals surface area contributed by atoms with Gasteiger partial charge < -0.3 is 9.64 Å². The van der Waals surface area contributed by atoms with E-state index in [1.165, 1.54) is 12.8 Å². The van der Waals surface area contributed by atoms with Gasteiger partial charge in [-0.25, -0.2) is 0 Å². The normalized spacial score (nSPS) is 17.7. The number of rotatable bonds is 5. The van der Waals surface area contributed by atoms with Crippen LogP contribution in [0.4, 0.5) is 0 Å². The van der Waals surface area contributed by atoms with E-state index in [0.29, 0.717) is 6.04 Å². The van der Waals surface area contributed by atoms with Crippen molar-refractivity contribution in [2.24, 2.45) is 0 Å². The molecule has 0 aliphatic carbocycles. The summed E-state index contributed by atoms with van der Waals surface area (Å²) in [6.45, 7) is 6.41. The molecule has 15 heavy (non-hydrogen) atoms. The molecule has 1 rings (SSSR count). The van der Waals surface area contributed by atoms with Gasteiger partial charge >= 0.3 is 0 Å². The average Bonchev–Trinajstić information content (AvgIpc) is 2.25. The number of amides is 1. The fraction of sp³-hybridized carbons (Fsp3) is 0.917. The Morgan fingerprint density at radius 2 is 2.00 bits per heavy atom. The molecule has 0 unspecified atom stereocenters. The highest BCUT2D eigenvalue weighted by Crippen LogP contribution is 2.15. The van der Waals surface area contributed by atoms with Gasteiger partial charge in [-0.2, -0.15) is 0 Å². The van der Waals surface area contributed by atoms with Gasteiger partial charge in [-0.05, 0) is 19.3 Å². The largest absolute Gasteiger partial charge is 0.381 e. The molecule has 1 amide bonds. The molecule has 1 aliphatic rings. The van der Waals surface area contributed by atoms with Crippen LogP contribution in [0.1, 0.15) is 46.0 Å². The molecule has 3 nitrogen and oxygen atoms in total. The quantitative estimate of drug-likeness (QED) is 0.655. The van der Waals surface area contributed by atoms with Crippen LogP contribution in [0.3, 0.4) is 0 Å². The minimum atomic E-state index is 0.220.